The number of carbonyl (C=O) groups is 1. The van der Waals surface area contributed by atoms with E-state index in [2.05, 4.69) is 32.3 Å². The van der Waals surface area contributed by atoms with Crippen LogP contribution < -0.4 is 25.4 Å². The summed E-state index contributed by atoms with van der Waals surface area (Å²) in [5.74, 6) is 1.13. The second-order valence-corrected chi connectivity index (χ2v) is 7.59. The Hall–Kier alpha value is -3.81. The van der Waals surface area contributed by atoms with Crippen LogP contribution in [0.4, 0.5) is 11.5 Å². The van der Waals surface area contributed by atoms with Crippen molar-refractivity contribution >= 4 is 17.4 Å². The molecule has 1 aromatic heterocycles. The number of piperazine rings is 1. The maximum absolute atomic E-state index is 12.5. The molecule has 0 saturated carbocycles. The third-order valence-electron chi connectivity index (χ3n) is 5.54. The van der Waals surface area contributed by atoms with Gasteiger partial charge in [0.05, 0.1) is 7.11 Å². The molecule has 0 bridgehead atoms. The molecule has 0 radical (unpaired) electrons. The minimum absolute atomic E-state index is 0.133. The summed E-state index contributed by atoms with van der Waals surface area (Å²) in [7, 11) is 1.59. The minimum Gasteiger partial charge on any atom is -0.496 e. The fourth-order valence-electron chi connectivity index (χ4n) is 3.79. The molecule has 1 saturated heterocycles. The quantitative estimate of drug-likeness (QED) is 0.613. The van der Waals surface area contributed by atoms with Crippen LogP contribution in [0.15, 0.2) is 71.5 Å². The van der Waals surface area contributed by atoms with Crippen molar-refractivity contribution in [1.82, 2.24) is 15.1 Å². The number of hydrogen-bond acceptors (Lipinski definition) is 6. The van der Waals surface area contributed by atoms with E-state index in [9.17, 15) is 9.59 Å². The van der Waals surface area contributed by atoms with Crippen LogP contribution in [0.3, 0.4) is 0 Å². The van der Waals surface area contributed by atoms with E-state index < -0.39 is 0 Å². The predicted octanol–water partition coefficient (Wildman–Crippen LogP) is 1.89. The lowest BCUT2D eigenvalue weighted by Gasteiger charge is -2.36. The molecular formula is C24H27N5O3. The average Bonchev–Trinajstić information content (AvgIpc) is 2.85. The molecule has 8 heteroatoms. The smallest absolute Gasteiger partial charge is 0.267 e. The fourth-order valence-corrected chi connectivity index (χ4v) is 3.79. The van der Waals surface area contributed by atoms with E-state index in [1.165, 1.54) is 16.4 Å². The molecule has 2 aromatic carbocycles. The number of benzene rings is 2. The first-order valence-corrected chi connectivity index (χ1v) is 10.7. The second-order valence-electron chi connectivity index (χ2n) is 7.59. The van der Waals surface area contributed by atoms with Crippen LogP contribution in [0.1, 0.15) is 5.56 Å². The Morgan fingerprint density at radius 1 is 0.938 bits per heavy atom. The van der Waals surface area contributed by atoms with Gasteiger partial charge in [-0.05, 0) is 24.3 Å². The van der Waals surface area contributed by atoms with Gasteiger partial charge in [0.2, 0.25) is 5.91 Å². The number of para-hydroxylation sites is 2. The van der Waals surface area contributed by atoms with Crippen molar-refractivity contribution in [2.75, 3.05) is 43.1 Å². The van der Waals surface area contributed by atoms with Gasteiger partial charge in [0.25, 0.3) is 5.56 Å². The summed E-state index contributed by atoms with van der Waals surface area (Å²) in [4.78, 5) is 29.2. The van der Waals surface area contributed by atoms with Gasteiger partial charge in [0.15, 0.2) is 0 Å². The number of aromatic nitrogens is 2. The third-order valence-corrected chi connectivity index (χ3v) is 5.54. The summed E-state index contributed by atoms with van der Waals surface area (Å²) >= 11 is 0. The zero-order chi connectivity index (χ0) is 22.3. The Morgan fingerprint density at radius 2 is 1.62 bits per heavy atom. The normalized spacial score (nSPS) is 13.7. The van der Waals surface area contributed by atoms with Crippen LogP contribution in [0.2, 0.25) is 0 Å². The molecule has 0 atom stereocenters. The van der Waals surface area contributed by atoms with Gasteiger partial charge in [-0.2, -0.15) is 5.10 Å². The van der Waals surface area contributed by atoms with Gasteiger partial charge in [-0.3, -0.25) is 9.59 Å². The summed E-state index contributed by atoms with van der Waals surface area (Å²) in [6.07, 6.45) is 0. The van der Waals surface area contributed by atoms with Crippen molar-refractivity contribution in [3.8, 4) is 5.75 Å². The van der Waals surface area contributed by atoms with Crippen molar-refractivity contribution in [1.29, 1.82) is 0 Å². The summed E-state index contributed by atoms with van der Waals surface area (Å²) in [6, 6.07) is 21.0. The second kappa shape index (κ2) is 10.00. The van der Waals surface area contributed by atoms with Gasteiger partial charge >= 0.3 is 0 Å². The number of carbonyl (C=O) groups excluding carboxylic acids is 1. The van der Waals surface area contributed by atoms with E-state index in [0.29, 0.717) is 18.1 Å². The summed E-state index contributed by atoms with van der Waals surface area (Å²) in [5.41, 5.74) is 1.77. The van der Waals surface area contributed by atoms with Crippen LogP contribution in [0, 0.1) is 0 Å². The highest BCUT2D eigenvalue weighted by molar-refractivity contribution is 5.75. The first kappa shape index (κ1) is 21.4. The molecule has 4 rings (SSSR count). The largest absolute Gasteiger partial charge is 0.496 e. The van der Waals surface area contributed by atoms with Crippen molar-refractivity contribution < 1.29 is 9.53 Å². The molecular weight excluding hydrogens is 406 g/mol. The highest BCUT2D eigenvalue weighted by Gasteiger charge is 2.19. The number of hydrogen-bond donors (Lipinski definition) is 1. The molecule has 1 amide bonds. The van der Waals surface area contributed by atoms with Crippen LogP contribution in [-0.2, 0) is 17.9 Å². The molecule has 0 spiro atoms. The van der Waals surface area contributed by atoms with E-state index in [4.69, 9.17) is 4.74 Å². The number of amides is 1. The molecule has 2 heterocycles. The number of rotatable bonds is 7. The molecule has 0 aliphatic carbocycles. The van der Waals surface area contributed by atoms with E-state index >= 15 is 0 Å². The predicted molar refractivity (Wildman–Crippen MR) is 124 cm³/mol. The maximum Gasteiger partial charge on any atom is 0.267 e. The van der Waals surface area contributed by atoms with E-state index in [0.717, 1.165) is 31.7 Å². The Kier molecular flexibility index (Phi) is 6.69. The molecule has 1 N–H and O–H groups in total. The maximum atomic E-state index is 12.5. The zero-order valence-electron chi connectivity index (χ0n) is 18.1. The lowest BCUT2D eigenvalue weighted by Crippen LogP contribution is -2.47. The topological polar surface area (TPSA) is 79.7 Å². The van der Waals surface area contributed by atoms with Gasteiger partial charge < -0.3 is 19.9 Å². The van der Waals surface area contributed by atoms with Crippen LogP contribution in [0.25, 0.3) is 0 Å². The molecule has 166 valence electrons. The lowest BCUT2D eigenvalue weighted by atomic mass is 10.2. The third kappa shape index (κ3) is 5.08. The molecule has 1 fully saturated rings. The van der Waals surface area contributed by atoms with Crippen molar-refractivity contribution in [2.45, 2.75) is 13.1 Å². The Bertz CT molecular complexity index is 1110. The number of nitrogens with zero attached hydrogens (tertiary/aromatic N) is 4. The highest BCUT2D eigenvalue weighted by atomic mass is 16.5. The number of ether oxygens (including phenoxy) is 1. The monoisotopic (exact) mass is 433 g/mol. The van der Waals surface area contributed by atoms with Gasteiger partial charge in [-0.1, -0.05) is 36.4 Å². The molecule has 32 heavy (non-hydrogen) atoms. The summed E-state index contributed by atoms with van der Waals surface area (Å²) < 4.78 is 6.52. The Labute approximate surface area is 187 Å². The SMILES string of the molecule is COc1ccccc1CNC(=O)Cn1nc(N2CCN(c3ccccc3)CC2)ccc1=O. The Balaban J connectivity index is 1.36. The van der Waals surface area contributed by atoms with Gasteiger partial charge in [0, 0.05) is 50.0 Å². The molecule has 8 nitrogen and oxygen atoms in total. The highest BCUT2D eigenvalue weighted by Crippen LogP contribution is 2.18. The van der Waals surface area contributed by atoms with Crippen molar-refractivity contribution in [2.24, 2.45) is 0 Å². The minimum atomic E-state index is -0.302. The molecule has 1 aliphatic rings. The number of methoxy groups -OCH3 is 1. The van der Waals surface area contributed by atoms with Gasteiger partial charge in [-0.25, -0.2) is 4.68 Å². The summed E-state index contributed by atoms with van der Waals surface area (Å²) in [5, 5.41) is 7.28. The fraction of sp³-hybridized carbons (Fsp3) is 0.292. The standard InChI is InChI=1S/C24H27N5O3/c1-32-21-10-6-5-7-19(21)17-25-23(30)18-29-24(31)12-11-22(26-29)28-15-13-27(14-16-28)20-8-3-2-4-9-20/h2-12H,13-18H2,1H3,(H,25,30). The van der Waals surface area contributed by atoms with E-state index in [1.807, 2.05) is 42.5 Å². The average molecular weight is 434 g/mol. The zero-order valence-corrected chi connectivity index (χ0v) is 18.1. The van der Waals surface area contributed by atoms with Crippen LogP contribution in [0.5, 0.6) is 5.75 Å². The van der Waals surface area contributed by atoms with Gasteiger partial charge in [0.1, 0.15) is 18.1 Å². The van der Waals surface area contributed by atoms with E-state index in [1.54, 1.807) is 13.2 Å². The van der Waals surface area contributed by atoms with Crippen LogP contribution in [-0.4, -0.2) is 49.0 Å². The first-order valence-electron chi connectivity index (χ1n) is 10.7. The molecule has 3 aromatic rings. The molecule has 1 aliphatic heterocycles. The summed E-state index contributed by atoms with van der Waals surface area (Å²) in [6.45, 7) is 3.50. The number of anilines is 2. The van der Waals surface area contributed by atoms with Crippen molar-refractivity contribution in [3.05, 3.63) is 82.6 Å². The molecule has 0 unspecified atom stereocenters. The first-order chi connectivity index (χ1) is 15.6. The van der Waals surface area contributed by atoms with E-state index in [-0.39, 0.29) is 18.0 Å². The van der Waals surface area contributed by atoms with Crippen molar-refractivity contribution in [3.63, 3.8) is 0 Å². The lowest BCUT2D eigenvalue weighted by molar-refractivity contribution is -0.122. The van der Waals surface area contributed by atoms with Gasteiger partial charge in [-0.15, -0.1) is 0 Å². The number of nitrogens with one attached hydrogen (secondary N) is 1. The van der Waals surface area contributed by atoms with Crippen LogP contribution >= 0.6 is 0 Å². The Morgan fingerprint density at radius 3 is 2.38 bits per heavy atom.